The SMILES string of the molecule is O=C(O)CCC(O)CC(=O)O.O=C(O)CCC(O)CC(=O)O. The first-order valence-corrected chi connectivity index (χ1v) is 6.27. The topological polar surface area (TPSA) is 190 Å². The number of carbonyl (C=O) groups is 4. The van der Waals surface area contributed by atoms with Crippen LogP contribution in [0.15, 0.2) is 0 Å². The quantitative estimate of drug-likeness (QED) is 0.301. The molecule has 0 aliphatic heterocycles. The summed E-state index contributed by atoms with van der Waals surface area (Å²) in [5, 5.41) is 50.2. The largest absolute Gasteiger partial charge is 0.481 e. The number of hydrogen-bond donors (Lipinski definition) is 6. The molecule has 0 spiro atoms. The van der Waals surface area contributed by atoms with E-state index < -0.39 is 48.9 Å². The minimum absolute atomic E-state index is 0.0123. The molecule has 0 amide bonds. The van der Waals surface area contributed by atoms with Crippen LogP contribution in [0.1, 0.15) is 38.5 Å². The Morgan fingerprint density at radius 3 is 1.05 bits per heavy atom. The van der Waals surface area contributed by atoms with Crippen molar-refractivity contribution in [3.05, 3.63) is 0 Å². The molecular formula is C12H20O10. The number of carboxylic acid groups (broad SMARTS) is 4. The molecule has 0 aromatic heterocycles. The number of aliphatic hydroxyl groups is 2. The van der Waals surface area contributed by atoms with Crippen LogP contribution in [0.2, 0.25) is 0 Å². The van der Waals surface area contributed by atoms with Crippen LogP contribution in [0.4, 0.5) is 0 Å². The Morgan fingerprint density at radius 2 is 0.864 bits per heavy atom. The molecule has 0 saturated carbocycles. The van der Waals surface area contributed by atoms with Gasteiger partial charge in [0.2, 0.25) is 0 Å². The summed E-state index contributed by atoms with van der Waals surface area (Å²) < 4.78 is 0. The zero-order chi connectivity index (χ0) is 17.7. The van der Waals surface area contributed by atoms with Crippen LogP contribution in [-0.2, 0) is 19.2 Å². The smallest absolute Gasteiger partial charge is 0.305 e. The average Bonchev–Trinajstić information content (AvgIpc) is 2.33. The van der Waals surface area contributed by atoms with Gasteiger partial charge in [-0.3, -0.25) is 19.2 Å². The zero-order valence-electron chi connectivity index (χ0n) is 11.7. The Hall–Kier alpha value is -2.20. The molecule has 0 aliphatic rings. The molecule has 128 valence electrons. The molecule has 10 heteroatoms. The van der Waals surface area contributed by atoms with Crippen molar-refractivity contribution in [3.63, 3.8) is 0 Å². The number of carboxylic acids is 4. The van der Waals surface area contributed by atoms with E-state index in [-0.39, 0.29) is 25.7 Å². The van der Waals surface area contributed by atoms with Gasteiger partial charge in [0.05, 0.1) is 25.0 Å². The standard InChI is InChI=1S/2C6H10O5/c2*7-4(3-6(10)11)1-2-5(8)9/h2*4,7H,1-3H2,(H,8,9)(H,10,11). The molecule has 0 saturated heterocycles. The molecule has 0 aliphatic carbocycles. The predicted molar refractivity (Wildman–Crippen MR) is 70.3 cm³/mol. The molecule has 0 bridgehead atoms. The third-order valence-corrected chi connectivity index (χ3v) is 2.20. The predicted octanol–water partition coefficient (Wildman–Crippen LogP) is -0.626. The molecule has 0 heterocycles. The van der Waals surface area contributed by atoms with E-state index in [1.54, 1.807) is 0 Å². The minimum atomic E-state index is -1.12. The Labute approximate surface area is 125 Å². The van der Waals surface area contributed by atoms with Crippen molar-refractivity contribution < 1.29 is 49.8 Å². The van der Waals surface area contributed by atoms with Crippen molar-refractivity contribution in [3.8, 4) is 0 Å². The molecule has 0 aromatic carbocycles. The van der Waals surface area contributed by atoms with Crippen molar-refractivity contribution in [1.29, 1.82) is 0 Å². The lowest BCUT2D eigenvalue weighted by Gasteiger charge is -2.03. The van der Waals surface area contributed by atoms with E-state index in [0.29, 0.717) is 0 Å². The van der Waals surface area contributed by atoms with Crippen molar-refractivity contribution in [1.82, 2.24) is 0 Å². The fourth-order valence-corrected chi connectivity index (χ4v) is 1.19. The molecule has 6 N–H and O–H groups in total. The average molecular weight is 324 g/mol. The maximum Gasteiger partial charge on any atom is 0.305 e. The lowest BCUT2D eigenvalue weighted by atomic mass is 10.1. The van der Waals surface area contributed by atoms with E-state index in [9.17, 15) is 19.2 Å². The summed E-state index contributed by atoms with van der Waals surface area (Å²) in [5.74, 6) is -4.31. The molecule has 2 atom stereocenters. The molecule has 2 unspecified atom stereocenters. The highest BCUT2D eigenvalue weighted by Crippen LogP contribution is 2.01. The van der Waals surface area contributed by atoms with Gasteiger partial charge >= 0.3 is 23.9 Å². The summed E-state index contributed by atoms with van der Waals surface area (Å²) in [6, 6.07) is 0. The summed E-state index contributed by atoms with van der Waals surface area (Å²) in [4.78, 5) is 39.8. The van der Waals surface area contributed by atoms with Gasteiger partial charge in [0.1, 0.15) is 0 Å². The Bertz CT molecular complexity index is 342. The summed E-state index contributed by atoms with van der Waals surface area (Å²) in [7, 11) is 0. The van der Waals surface area contributed by atoms with Gasteiger partial charge < -0.3 is 30.6 Å². The first-order chi connectivity index (χ1) is 10.0. The number of hydrogen-bond acceptors (Lipinski definition) is 6. The van der Waals surface area contributed by atoms with Crippen LogP contribution < -0.4 is 0 Å². The Morgan fingerprint density at radius 1 is 0.591 bits per heavy atom. The van der Waals surface area contributed by atoms with E-state index in [1.807, 2.05) is 0 Å². The Balaban J connectivity index is 0. The van der Waals surface area contributed by atoms with Crippen LogP contribution >= 0.6 is 0 Å². The summed E-state index contributed by atoms with van der Waals surface area (Å²) in [6.45, 7) is 0. The van der Waals surface area contributed by atoms with Gasteiger partial charge in [-0.15, -0.1) is 0 Å². The Kier molecular flexibility index (Phi) is 12.6. The molecule has 10 nitrogen and oxygen atoms in total. The first-order valence-electron chi connectivity index (χ1n) is 6.27. The molecule has 0 fully saturated rings. The summed E-state index contributed by atoms with van der Waals surface area (Å²) in [5.41, 5.74) is 0. The third kappa shape index (κ3) is 20.1. The van der Waals surface area contributed by atoms with Crippen molar-refractivity contribution >= 4 is 23.9 Å². The highest BCUT2D eigenvalue weighted by Gasteiger charge is 2.11. The molecule has 0 aromatic rings. The van der Waals surface area contributed by atoms with Gasteiger partial charge in [-0.05, 0) is 12.8 Å². The molecule has 22 heavy (non-hydrogen) atoms. The summed E-state index contributed by atoms with van der Waals surface area (Å²) >= 11 is 0. The van der Waals surface area contributed by atoms with E-state index in [2.05, 4.69) is 0 Å². The third-order valence-electron chi connectivity index (χ3n) is 2.20. The maximum absolute atomic E-state index is 9.95. The van der Waals surface area contributed by atoms with Gasteiger partial charge in [0.15, 0.2) is 0 Å². The number of aliphatic carboxylic acids is 4. The lowest BCUT2D eigenvalue weighted by Crippen LogP contribution is -2.14. The monoisotopic (exact) mass is 324 g/mol. The summed E-state index contributed by atoms with van der Waals surface area (Å²) in [6.07, 6.45) is -3.32. The van der Waals surface area contributed by atoms with Gasteiger partial charge in [-0.2, -0.15) is 0 Å². The van der Waals surface area contributed by atoms with Crippen molar-refractivity contribution in [2.75, 3.05) is 0 Å². The van der Waals surface area contributed by atoms with E-state index >= 15 is 0 Å². The molecule has 0 rings (SSSR count). The van der Waals surface area contributed by atoms with Crippen LogP contribution in [0.25, 0.3) is 0 Å². The minimum Gasteiger partial charge on any atom is -0.481 e. The van der Waals surface area contributed by atoms with Crippen molar-refractivity contribution in [2.24, 2.45) is 0 Å². The fraction of sp³-hybridized carbons (Fsp3) is 0.667. The number of aliphatic hydroxyl groups excluding tert-OH is 2. The maximum atomic E-state index is 9.95. The second-order valence-electron chi connectivity index (χ2n) is 4.37. The second kappa shape index (κ2) is 12.5. The lowest BCUT2D eigenvalue weighted by molar-refractivity contribution is -0.141. The van der Waals surface area contributed by atoms with Gasteiger partial charge in [0, 0.05) is 12.8 Å². The van der Waals surface area contributed by atoms with Crippen LogP contribution in [0.3, 0.4) is 0 Å². The van der Waals surface area contributed by atoms with Gasteiger partial charge in [0.25, 0.3) is 0 Å². The van der Waals surface area contributed by atoms with E-state index in [0.717, 1.165) is 0 Å². The van der Waals surface area contributed by atoms with Gasteiger partial charge in [-0.1, -0.05) is 0 Å². The fourth-order valence-electron chi connectivity index (χ4n) is 1.19. The van der Waals surface area contributed by atoms with Gasteiger partial charge in [-0.25, -0.2) is 0 Å². The highest BCUT2D eigenvalue weighted by molar-refractivity contribution is 5.69. The molecule has 0 radical (unpaired) electrons. The zero-order valence-corrected chi connectivity index (χ0v) is 11.7. The van der Waals surface area contributed by atoms with Crippen LogP contribution in [-0.4, -0.2) is 66.7 Å². The van der Waals surface area contributed by atoms with Crippen LogP contribution in [0.5, 0.6) is 0 Å². The van der Waals surface area contributed by atoms with E-state index in [1.165, 1.54) is 0 Å². The second-order valence-corrected chi connectivity index (χ2v) is 4.37. The number of rotatable bonds is 10. The van der Waals surface area contributed by atoms with E-state index in [4.69, 9.17) is 30.6 Å². The first kappa shape index (κ1) is 22.1. The molecular weight excluding hydrogens is 304 g/mol. The highest BCUT2D eigenvalue weighted by atomic mass is 16.4. The van der Waals surface area contributed by atoms with Crippen LogP contribution in [0, 0.1) is 0 Å². The normalized spacial score (nSPS) is 12.5. The van der Waals surface area contributed by atoms with Crippen molar-refractivity contribution in [2.45, 2.75) is 50.7 Å².